The molecule has 5 heteroatoms. The summed E-state index contributed by atoms with van der Waals surface area (Å²) < 4.78 is 6.70. The number of rotatable bonds is 2. The van der Waals surface area contributed by atoms with Gasteiger partial charge in [0, 0.05) is 5.56 Å². The van der Waals surface area contributed by atoms with E-state index in [2.05, 4.69) is 5.10 Å². The maximum Gasteiger partial charge on any atom is 0.119 e. The fourth-order valence-electron chi connectivity index (χ4n) is 1.77. The zero-order valence-electron chi connectivity index (χ0n) is 9.38. The second kappa shape index (κ2) is 4.23. The van der Waals surface area contributed by atoms with Gasteiger partial charge in [-0.25, -0.2) is 4.68 Å². The van der Waals surface area contributed by atoms with Gasteiger partial charge in [-0.15, -0.1) is 0 Å². The van der Waals surface area contributed by atoms with Gasteiger partial charge in [0.2, 0.25) is 0 Å². The highest BCUT2D eigenvalue weighted by Crippen LogP contribution is 2.27. The van der Waals surface area contributed by atoms with E-state index in [1.165, 1.54) is 0 Å². The van der Waals surface area contributed by atoms with E-state index in [-0.39, 0.29) is 0 Å². The molecule has 0 bridgehead atoms. The van der Waals surface area contributed by atoms with Gasteiger partial charge in [-0.1, -0.05) is 23.7 Å². The lowest BCUT2D eigenvalue weighted by molar-refractivity contribution is 0.568. The molecule has 0 aliphatic carbocycles. The fraction of sp³-hybridized carbons (Fsp3) is 0. The largest absolute Gasteiger partial charge is 0.472 e. The SMILES string of the molecule is Nc1cn(-c2ccccc2Cl)nc1-c1ccoc1. The van der Waals surface area contributed by atoms with Crippen molar-refractivity contribution in [3.63, 3.8) is 0 Å². The second-order valence-electron chi connectivity index (χ2n) is 3.84. The standard InChI is InChI=1S/C13H10ClN3O/c14-10-3-1-2-4-12(10)17-7-11(15)13(16-17)9-5-6-18-8-9/h1-8H,15H2. The van der Waals surface area contributed by atoms with Gasteiger partial charge in [-0.3, -0.25) is 0 Å². The van der Waals surface area contributed by atoms with Crippen molar-refractivity contribution in [2.45, 2.75) is 0 Å². The molecule has 0 radical (unpaired) electrons. The molecule has 90 valence electrons. The fourth-order valence-corrected chi connectivity index (χ4v) is 1.99. The molecule has 0 atom stereocenters. The molecular formula is C13H10ClN3O. The van der Waals surface area contributed by atoms with Crippen LogP contribution in [0.1, 0.15) is 0 Å². The number of nitrogens with two attached hydrogens (primary N) is 1. The lowest BCUT2D eigenvalue weighted by Crippen LogP contribution is -1.95. The zero-order valence-corrected chi connectivity index (χ0v) is 10.1. The van der Waals surface area contributed by atoms with Crippen LogP contribution in [0.15, 0.2) is 53.5 Å². The summed E-state index contributed by atoms with van der Waals surface area (Å²) in [5, 5.41) is 5.05. The maximum atomic E-state index is 6.13. The van der Waals surface area contributed by atoms with Crippen LogP contribution < -0.4 is 5.73 Å². The first-order chi connectivity index (χ1) is 8.75. The molecule has 1 aromatic carbocycles. The molecule has 0 spiro atoms. The number of hydrogen-bond donors (Lipinski definition) is 1. The van der Waals surface area contributed by atoms with Crippen LogP contribution in [0.5, 0.6) is 0 Å². The molecule has 0 amide bonds. The quantitative estimate of drug-likeness (QED) is 0.768. The van der Waals surface area contributed by atoms with Crippen LogP contribution in [0, 0.1) is 0 Å². The smallest absolute Gasteiger partial charge is 0.119 e. The summed E-state index contributed by atoms with van der Waals surface area (Å²) in [6.45, 7) is 0. The van der Waals surface area contributed by atoms with Crippen molar-refractivity contribution in [3.8, 4) is 16.9 Å². The molecule has 18 heavy (non-hydrogen) atoms. The van der Waals surface area contributed by atoms with Gasteiger partial charge in [0.15, 0.2) is 0 Å². The summed E-state index contributed by atoms with van der Waals surface area (Å²) in [5.41, 5.74) is 8.85. The summed E-state index contributed by atoms with van der Waals surface area (Å²) >= 11 is 6.13. The average Bonchev–Trinajstić information content (AvgIpc) is 2.98. The number of para-hydroxylation sites is 1. The number of aromatic nitrogens is 2. The Kier molecular flexibility index (Phi) is 2.57. The van der Waals surface area contributed by atoms with Crippen LogP contribution in [0.4, 0.5) is 5.69 Å². The van der Waals surface area contributed by atoms with Gasteiger partial charge in [0.25, 0.3) is 0 Å². The Hall–Kier alpha value is -2.20. The van der Waals surface area contributed by atoms with E-state index in [0.717, 1.165) is 11.3 Å². The Labute approximate surface area is 109 Å². The Balaban J connectivity index is 2.11. The lowest BCUT2D eigenvalue weighted by atomic mass is 10.2. The highest BCUT2D eigenvalue weighted by atomic mass is 35.5. The molecule has 2 N–H and O–H groups in total. The van der Waals surface area contributed by atoms with Crippen LogP contribution in [0.2, 0.25) is 5.02 Å². The third-order valence-corrected chi connectivity index (χ3v) is 2.96. The van der Waals surface area contributed by atoms with Gasteiger partial charge in [0.05, 0.1) is 35.1 Å². The molecule has 2 heterocycles. The van der Waals surface area contributed by atoms with Crippen molar-refractivity contribution in [3.05, 3.63) is 54.1 Å². The summed E-state index contributed by atoms with van der Waals surface area (Å²) in [7, 11) is 0. The Bertz CT molecular complexity index is 673. The van der Waals surface area contributed by atoms with Gasteiger partial charge in [-0.05, 0) is 18.2 Å². The maximum absolute atomic E-state index is 6.13. The topological polar surface area (TPSA) is 57.0 Å². The van der Waals surface area contributed by atoms with Crippen molar-refractivity contribution in [1.29, 1.82) is 0 Å². The van der Waals surface area contributed by atoms with Crippen molar-refractivity contribution >= 4 is 17.3 Å². The monoisotopic (exact) mass is 259 g/mol. The highest BCUT2D eigenvalue weighted by molar-refractivity contribution is 6.32. The van der Waals surface area contributed by atoms with Crippen LogP contribution in [0.3, 0.4) is 0 Å². The molecule has 0 saturated heterocycles. The number of nitrogen functional groups attached to an aromatic ring is 1. The summed E-state index contributed by atoms with van der Waals surface area (Å²) in [4.78, 5) is 0. The third-order valence-electron chi connectivity index (χ3n) is 2.64. The molecule has 0 saturated carbocycles. The van der Waals surface area contributed by atoms with Crippen LogP contribution in [0.25, 0.3) is 16.9 Å². The van der Waals surface area contributed by atoms with Crippen LogP contribution >= 0.6 is 11.6 Å². The predicted molar refractivity (Wildman–Crippen MR) is 70.7 cm³/mol. The summed E-state index contributed by atoms with van der Waals surface area (Å²) in [5.74, 6) is 0. The summed E-state index contributed by atoms with van der Waals surface area (Å²) in [6, 6.07) is 9.28. The molecule has 0 unspecified atom stereocenters. The minimum Gasteiger partial charge on any atom is -0.472 e. The third kappa shape index (κ3) is 1.76. The number of hydrogen-bond acceptors (Lipinski definition) is 3. The number of halogens is 1. The van der Waals surface area contributed by atoms with E-state index in [0.29, 0.717) is 16.4 Å². The van der Waals surface area contributed by atoms with E-state index in [9.17, 15) is 0 Å². The average molecular weight is 260 g/mol. The second-order valence-corrected chi connectivity index (χ2v) is 4.25. The first-order valence-corrected chi connectivity index (χ1v) is 5.76. The highest BCUT2D eigenvalue weighted by Gasteiger charge is 2.11. The van der Waals surface area contributed by atoms with E-state index in [4.69, 9.17) is 21.8 Å². The minimum atomic E-state index is 0.580. The number of furan rings is 1. The van der Waals surface area contributed by atoms with Gasteiger partial charge < -0.3 is 10.2 Å². The molecular weight excluding hydrogens is 250 g/mol. The molecule has 0 aliphatic rings. The van der Waals surface area contributed by atoms with Crippen LogP contribution in [-0.4, -0.2) is 9.78 Å². The molecule has 3 aromatic rings. The molecule has 4 nitrogen and oxygen atoms in total. The number of anilines is 1. The van der Waals surface area contributed by atoms with Crippen molar-refractivity contribution in [1.82, 2.24) is 9.78 Å². The molecule has 3 rings (SSSR count). The minimum absolute atomic E-state index is 0.580. The normalized spacial score (nSPS) is 10.7. The van der Waals surface area contributed by atoms with E-state index >= 15 is 0 Å². The Morgan fingerprint density at radius 1 is 1.22 bits per heavy atom. The van der Waals surface area contributed by atoms with Crippen molar-refractivity contribution in [2.75, 3.05) is 5.73 Å². The Morgan fingerprint density at radius 2 is 2.06 bits per heavy atom. The summed E-state index contributed by atoms with van der Waals surface area (Å²) in [6.07, 6.45) is 4.93. The van der Waals surface area contributed by atoms with Gasteiger partial charge in [-0.2, -0.15) is 5.10 Å². The first-order valence-electron chi connectivity index (χ1n) is 5.38. The van der Waals surface area contributed by atoms with Gasteiger partial charge in [0.1, 0.15) is 5.69 Å². The Morgan fingerprint density at radius 3 is 2.78 bits per heavy atom. The molecule has 2 aromatic heterocycles. The van der Waals surface area contributed by atoms with Crippen molar-refractivity contribution < 1.29 is 4.42 Å². The lowest BCUT2D eigenvalue weighted by Gasteiger charge is -2.02. The first kappa shape index (κ1) is 10.9. The number of benzene rings is 1. The number of nitrogens with zero attached hydrogens (tertiary/aromatic N) is 2. The van der Waals surface area contributed by atoms with E-state index < -0.39 is 0 Å². The van der Waals surface area contributed by atoms with Gasteiger partial charge >= 0.3 is 0 Å². The zero-order chi connectivity index (χ0) is 12.5. The van der Waals surface area contributed by atoms with E-state index in [1.54, 1.807) is 23.4 Å². The predicted octanol–water partition coefficient (Wildman–Crippen LogP) is 3.37. The van der Waals surface area contributed by atoms with E-state index in [1.807, 2.05) is 30.3 Å². The van der Waals surface area contributed by atoms with Crippen LogP contribution in [-0.2, 0) is 0 Å². The molecule has 0 fully saturated rings. The molecule has 0 aliphatic heterocycles. The van der Waals surface area contributed by atoms with Crippen molar-refractivity contribution in [2.24, 2.45) is 0 Å².